The Morgan fingerprint density at radius 2 is 2.04 bits per heavy atom. The molecular weight excluding hydrogens is 349 g/mol. The first kappa shape index (κ1) is 18.5. The Bertz CT molecular complexity index is 707. The number of piperidine rings is 1. The van der Waals surface area contributed by atoms with Crippen molar-refractivity contribution in [3.8, 4) is 0 Å². The van der Waals surface area contributed by atoms with E-state index >= 15 is 0 Å². The van der Waals surface area contributed by atoms with Gasteiger partial charge < -0.3 is 14.7 Å². The number of alkyl halides is 3. The molecule has 1 aromatic heterocycles. The van der Waals surface area contributed by atoms with Crippen molar-refractivity contribution >= 4 is 17.6 Å². The number of halogens is 3. The highest BCUT2D eigenvalue weighted by Gasteiger charge is 2.42. The van der Waals surface area contributed by atoms with Crippen LogP contribution in [-0.2, 0) is 15.8 Å². The molecule has 26 heavy (non-hydrogen) atoms. The van der Waals surface area contributed by atoms with Crippen molar-refractivity contribution in [2.75, 3.05) is 38.6 Å². The summed E-state index contributed by atoms with van der Waals surface area (Å²) in [6, 6.07) is 1.75. The first-order valence-electron chi connectivity index (χ1n) is 8.45. The molecule has 0 spiro atoms. The topological polar surface area (TPSA) is 56.8 Å². The van der Waals surface area contributed by atoms with Gasteiger partial charge in [0.15, 0.2) is 0 Å². The van der Waals surface area contributed by atoms with Crippen molar-refractivity contribution in [1.29, 1.82) is 0 Å². The maximum atomic E-state index is 13.0. The normalized spacial score (nSPS) is 23.2. The standard InChI is InChI=1S/C17H21F3N4O2/c1-22(2)15(25)10-24-13-4-3-11(16(24)26)8-23(9-13)14-7-12(5-6-21-14)17(18,19)20/h5-7,11,13H,3-4,8-10H2,1-2H3/t11-,13+/m1/s1. The van der Waals surface area contributed by atoms with Crippen LogP contribution in [-0.4, -0.2) is 66.4 Å². The molecule has 0 N–H and O–H groups in total. The number of fused-ring (bicyclic) bond motifs is 4. The summed E-state index contributed by atoms with van der Waals surface area (Å²) in [5, 5.41) is 0. The van der Waals surface area contributed by atoms with Crippen LogP contribution in [0, 0.1) is 5.92 Å². The minimum absolute atomic E-state index is 0.00312. The second-order valence-corrected chi connectivity index (χ2v) is 6.99. The summed E-state index contributed by atoms with van der Waals surface area (Å²) in [6.45, 7) is 0.685. The molecule has 1 aromatic rings. The number of rotatable bonds is 3. The molecule has 2 atom stereocenters. The van der Waals surface area contributed by atoms with E-state index in [-0.39, 0.29) is 36.1 Å². The summed E-state index contributed by atoms with van der Waals surface area (Å²) >= 11 is 0. The van der Waals surface area contributed by atoms with E-state index in [4.69, 9.17) is 0 Å². The van der Waals surface area contributed by atoms with Crippen molar-refractivity contribution in [3.63, 3.8) is 0 Å². The van der Waals surface area contributed by atoms with Gasteiger partial charge in [-0.3, -0.25) is 9.59 Å². The zero-order valence-electron chi connectivity index (χ0n) is 14.7. The van der Waals surface area contributed by atoms with E-state index in [2.05, 4.69) is 4.98 Å². The molecule has 3 aliphatic rings. The summed E-state index contributed by atoms with van der Waals surface area (Å²) < 4.78 is 38.9. The van der Waals surface area contributed by atoms with E-state index in [9.17, 15) is 22.8 Å². The Hall–Kier alpha value is -2.32. The molecule has 0 unspecified atom stereocenters. The first-order chi connectivity index (χ1) is 12.2. The number of anilines is 1. The van der Waals surface area contributed by atoms with Crippen molar-refractivity contribution in [1.82, 2.24) is 14.8 Å². The monoisotopic (exact) mass is 370 g/mol. The lowest BCUT2D eigenvalue weighted by Gasteiger charge is -2.35. The van der Waals surface area contributed by atoms with Gasteiger partial charge in [0.05, 0.1) is 11.5 Å². The smallest absolute Gasteiger partial charge is 0.354 e. The van der Waals surface area contributed by atoms with Crippen molar-refractivity contribution in [2.45, 2.75) is 25.1 Å². The number of carbonyl (C=O) groups is 2. The van der Waals surface area contributed by atoms with Gasteiger partial charge in [0.2, 0.25) is 11.8 Å². The second kappa shape index (κ2) is 6.77. The quantitative estimate of drug-likeness (QED) is 0.811. The molecule has 3 fully saturated rings. The zero-order chi connectivity index (χ0) is 19.1. The van der Waals surface area contributed by atoms with Crippen LogP contribution in [0.1, 0.15) is 18.4 Å². The first-order valence-corrected chi connectivity index (χ1v) is 8.45. The average Bonchev–Trinajstić information content (AvgIpc) is 2.87. The van der Waals surface area contributed by atoms with Crippen LogP contribution in [0.5, 0.6) is 0 Å². The van der Waals surface area contributed by atoms with Gasteiger partial charge in [0.1, 0.15) is 12.4 Å². The van der Waals surface area contributed by atoms with Gasteiger partial charge in [-0.25, -0.2) is 4.98 Å². The molecule has 0 saturated carbocycles. The highest BCUT2D eigenvalue weighted by atomic mass is 19.4. The van der Waals surface area contributed by atoms with Crippen LogP contribution < -0.4 is 4.90 Å². The third-order valence-corrected chi connectivity index (χ3v) is 4.99. The van der Waals surface area contributed by atoms with Crippen molar-refractivity contribution in [3.05, 3.63) is 23.9 Å². The Balaban J connectivity index is 1.84. The molecular formula is C17H21F3N4O2. The average molecular weight is 370 g/mol. The van der Waals surface area contributed by atoms with Gasteiger partial charge in [-0.15, -0.1) is 0 Å². The number of aromatic nitrogens is 1. The number of nitrogens with zero attached hydrogens (tertiary/aromatic N) is 4. The second-order valence-electron chi connectivity index (χ2n) is 6.99. The third-order valence-electron chi connectivity index (χ3n) is 4.99. The summed E-state index contributed by atoms with van der Waals surface area (Å²) in [4.78, 5) is 33.5. The molecule has 4 rings (SSSR count). The van der Waals surface area contributed by atoms with Crippen LogP contribution in [0.25, 0.3) is 0 Å². The highest BCUT2D eigenvalue weighted by Crippen LogP contribution is 2.34. The molecule has 2 amide bonds. The molecule has 3 saturated heterocycles. The number of hydrogen-bond acceptors (Lipinski definition) is 4. The van der Waals surface area contributed by atoms with Crippen molar-refractivity contribution < 1.29 is 22.8 Å². The fraction of sp³-hybridized carbons (Fsp3) is 0.588. The molecule has 0 radical (unpaired) electrons. The van der Waals surface area contributed by atoms with Gasteiger partial charge in [0.25, 0.3) is 0 Å². The van der Waals surface area contributed by atoms with Gasteiger partial charge in [-0.05, 0) is 25.0 Å². The summed E-state index contributed by atoms with van der Waals surface area (Å²) in [5.74, 6) is -0.397. The van der Waals surface area contributed by atoms with Crippen LogP contribution in [0.15, 0.2) is 18.3 Å². The Morgan fingerprint density at radius 3 is 2.69 bits per heavy atom. The maximum Gasteiger partial charge on any atom is 0.416 e. The lowest BCUT2D eigenvalue weighted by Crippen LogP contribution is -2.51. The molecule has 2 bridgehead atoms. The predicted octanol–water partition coefficient (Wildman–Crippen LogP) is 1.62. The van der Waals surface area contributed by atoms with Gasteiger partial charge in [-0.1, -0.05) is 0 Å². The van der Waals surface area contributed by atoms with Gasteiger partial charge in [0, 0.05) is 39.4 Å². The van der Waals surface area contributed by atoms with E-state index < -0.39 is 11.7 Å². The van der Waals surface area contributed by atoms with E-state index in [1.54, 1.807) is 23.9 Å². The fourth-order valence-corrected chi connectivity index (χ4v) is 3.49. The van der Waals surface area contributed by atoms with E-state index in [0.29, 0.717) is 19.5 Å². The molecule has 0 aromatic carbocycles. The molecule has 6 nitrogen and oxygen atoms in total. The lowest BCUT2D eigenvalue weighted by atomic mass is 9.94. The van der Waals surface area contributed by atoms with Crippen molar-refractivity contribution in [2.24, 2.45) is 5.92 Å². The number of likely N-dealkylation sites (N-methyl/N-ethyl adjacent to an activating group) is 1. The van der Waals surface area contributed by atoms with Crippen LogP contribution in [0.4, 0.5) is 19.0 Å². The van der Waals surface area contributed by atoms with Crippen LogP contribution >= 0.6 is 0 Å². The number of carbonyl (C=O) groups excluding carboxylic acids is 2. The Kier molecular flexibility index (Phi) is 4.81. The maximum absolute atomic E-state index is 13.0. The van der Waals surface area contributed by atoms with Crippen LogP contribution in [0.3, 0.4) is 0 Å². The number of hydrogen-bond donors (Lipinski definition) is 0. The minimum atomic E-state index is -4.44. The largest absolute Gasteiger partial charge is 0.416 e. The predicted molar refractivity (Wildman–Crippen MR) is 88.4 cm³/mol. The lowest BCUT2D eigenvalue weighted by molar-refractivity contribution is -0.145. The molecule has 142 valence electrons. The molecule has 4 heterocycles. The van der Waals surface area contributed by atoms with Gasteiger partial charge in [-0.2, -0.15) is 13.2 Å². The summed E-state index contributed by atoms with van der Waals surface area (Å²) in [7, 11) is 3.25. The van der Waals surface area contributed by atoms with E-state index in [1.165, 1.54) is 4.90 Å². The molecule has 3 aliphatic heterocycles. The van der Waals surface area contributed by atoms with E-state index in [0.717, 1.165) is 24.8 Å². The SMILES string of the molecule is CN(C)C(=O)CN1C(=O)[C@@H]2CC[C@H]1CN(c1cc(C(F)(F)F)ccn1)C2. The number of amides is 2. The summed E-state index contributed by atoms with van der Waals surface area (Å²) in [5.41, 5.74) is -0.759. The fourth-order valence-electron chi connectivity index (χ4n) is 3.49. The summed E-state index contributed by atoms with van der Waals surface area (Å²) in [6.07, 6.45) is -1.90. The number of pyridine rings is 1. The minimum Gasteiger partial charge on any atom is -0.354 e. The Morgan fingerprint density at radius 1 is 1.31 bits per heavy atom. The Labute approximate surface area is 149 Å². The highest BCUT2D eigenvalue weighted by molar-refractivity contribution is 5.87. The van der Waals surface area contributed by atoms with E-state index in [1.807, 2.05) is 0 Å². The molecule has 0 aliphatic carbocycles. The zero-order valence-corrected chi connectivity index (χ0v) is 14.7. The van der Waals surface area contributed by atoms with Gasteiger partial charge >= 0.3 is 6.18 Å². The molecule has 9 heteroatoms. The third kappa shape index (κ3) is 3.61. The van der Waals surface area contributed by atoms with Crippen LogP contribution in [0.2, 0.25) is 0 Å².